The van der Waals surface area contributed by atoms with Crippen molar-refractivity contribution in [2.75, 3.05) is 0 Å². The van der Waals surface area contributed by atoms with Gasteiger partial charge in [-0.25, -0.2) is 4.68 Å². The van der Waals surface area contributed by atoms with Crippen molar-refractivity contribution in [1.82, 2.24) is 9.78 Å². The van der Waals surface area contributed by atoms with E-state index in [1.54, 1.807) is 23.5 Å². The third-order valence-corrected chi connectivity index (χ3v) is 8.34. The molecule has 1 heterocycles. The maximum atomic E-state index is 6.55. The Balaban J connectivity index is 1.79. The van der Waals surface area contributed by atoms with Gasteiger partial charge >= 0.3 is 0 Å². The van der Waals surface area contributed by atoms with Gasteiger partial charge in [0.25, 0.3) is 0 Å². The second-order valence-electron chi connectivity index (χ2n) is 9.12. The van der Waals surface area contributed by atoms with Gasteiger partial charge in [-0.3, -0.25) is 4.99 Å². The van der Waals surface area contributed by atoms with Crippen LogP contribution in [-0.4, -0.2) is 15.8 Å². The molecule has 0 saturated heterocycles. The van der Waals surface area contributed by atoms with Crippen molar-refractivity contribution in [1.29, 1.82) is 0 Å². The summed E-state index contributed by atoms with van der Waals surface area (Å²) in [5, 5.41) is 7.50. The molecule has 3 nitrogen and oxygen atoms in total. The van der Waals surface area contributed by atoms with Crippen LogP contribution in [0.5, 0.6) is 0 Å². The highest BCUT2D eigenvalue weighted by Crippen LogP contribution is 2.43. The summed E-state index contributed by atoms with van der Waals surface area (Å²) < 4.78 is 1.84. The molecule has 1 aromatic carbocycles. The zero-order valence-electron chi connectivity index (χ0n) is 17.8. The summed E-state index contributed by atoms with van der Waals surface area (Å²) in [5.74, 6) is 0. The maximum absolute atomic E-state index is 6.55. The van der Waals surface area contributed by atoms with Crippen LogP contribution in [0.3, 0.4) is 0 Å². The Hall–Kier alpha value is -0.810. The molecule has 4 rings (SSSR count). The van der Waals surface area contributed by atoms with E-state index in [1.807, 2.05) is 4.68 Å². The van der Waals surface area contributed by atoms with Crippen molar-refractivity contribution in [3.05, 3.63) is 48.2 Å². The van der Waals surface area contributed by atoms with E-state index in [4.69, 9.17) is 44.9 Å². The summed E-state index contributed by atoms with van der Waals surface area (Å²) in [4.78, 5) is 5.97. The van der Waals surface area contributed by atoms with Gasteiger partial charge in [0.2, 0.25) is 4.80 Å². The van der Waals surface area contributed by atoms with Gasteiger partial charge in [-0.15, -0.1) is 0 Å². The number of halogens is 3. The molecule has 0 amide bonds. The van der Waals surface area contributed by atoms with Gasteiger partial charge in [-0.05, 0) is 50.2 Å². The van der Waals surface area contributed by atoms with E-state index in [1.165, 1.54) is 36.8 Å². The quantitative estimate of drug-likeness (QED) is 0.407. The zero-order valence-corrected chi connectivity index (χ0v) is 20.9. The van der Waals surface area contributed by atoms with Gasteiger partial charge in [-0.2, -0.15) is 5.10 Å². The van der Waals surface area contributed by atoms with Crippen LogP contribution in [0, 0.1) is 5.41 Å². The third-order valence-electron chi connectivity index (χ3n) is 6.62. The lowest BCUT2D eigenvalue weighted by atomic mass is 9.86. The number of hydrogen-bond acceptors (Lipinski definition) is 3. The molecule has 1 saturated carbocycles. The molecule has 7 heteroatoms. The van der Waals surface area contributed by atoms with Gasteiger partial charge in [0.1, 0.15) is 10.7 Å². The minimum atomic E-state index is 0.278. The highest BCUT2D eigenvalue weighted by Gasteiger charge is 2.29. The molecule has 0 spiro atoms. The molecule has 30 heavy (non-hydrogen) atoms. The number of hydrogen-bond donors (Lipinski definition) is 0. The standard InChI is InChI=1S/C23H28Cl3N3S/c1-14-15(9-10-23(14,2)3)11-20-28-29(21-18(25)12-16(24)13-19(21)26)22(30-20)27-17-7-5-4-6-8-17/h12-13,17H,4-11H2,1-3H3/b27-22-. The molecule has 0 atom stereocenters. The van der Waals surface area contributed by atoms with E-state index < -0.39 is 0 Å². The summed E-state index contributed by atoms with van der Waals surface area (Å²) in [6.07, 6.45) is 9.25. The van der Waals surface area contributed by atoms with Crippen molar-refractivity contribution >= 4 is 46.1 Å². The summed E-state index contributed by atoms with van der Waals surface area (Å²) in [6, 6.07) is 3.77. The van der Waals surface area contributed by atoms with E-state index in [0.717, 1.165) is 35.5 Å². The van der Waals surface area contributed by atoms with Gasteiger partial charge in [-0.1, -0.05) is 90.4 Å². The molecule has 0 unspecified atom stereocenters. The Kier molecular flexibility index (Phi) is 6.70. The van der Waals surface area contributed by atoms with Crippen molar-refractivity contribution in [3.8, 4) is 5.69 Å². The lowest BCUT2D eigenvalue weighted by Crippen LogP contribution is -2.20. The number of benzene rings is 1. The number of rotatable bonds is 4. The maximum Gasteiger partial charge on any atom is 0.208 e. The van der Waals surface area contributed by atoms with Gasteiger partial charge in [0, 0.05) is 11.4 Å². The lowest BCUT2D eigenvalue weighted by molar-refractivity contribution is 0.435. The van der Waals surface area contributed by atoms with E-state index in [0.29, 0.717) is 26.8 Å². The molecule has 1 fully saturated rings. The summed E-state index contributed by atoms with van der Waals surface area (Å²) >= 11 is 20.9. The zero-order chi connectivity index (χ0) is 21.5. The van der Waals surface area contributed by atoms with E-state index in [9.17, 15) is 0 Å². The first kappa shape index (κ1) is 22.4. The van der Waals surface area contributed by atoms with Crippen LogP contribution in [0.2, 0.25) is 15.1 Å². The minimum Gasteiger partial charge on any atom is -0.254 e. The fourth-order valence-corrected chi connectivity index (χ4v) is 6.42. The SMILES string of the molecule is CC1=C(Cc2nn(-c3c(Cl)cc(Cl)cc3Cl)/c(=N/C3CCCCC3)s2)CCC1(C)C. The van der Waals surface area contributed by atoms with Gasteiger partial charge in [0.05, 0.1) is 16.1 Å². The Morgan fingerprint density at radius 2 is 1.80 bits per heavy atom. The van der Waals surface area contributed by atoms with Crippen LogP contribution in [0.25, 0.3) is 5.69 Å². The average Bonchev–Trinajstić information content (AvgIpc) is 3.17. The first-order valence-electron chi connectivity index (χ1n) is 10.7. The normalized spacial score (nSPS) is 20.4. The van der Waals surface area contributed by atoms with Gasteiger partial charge < -0.3 is 0 Å². The first-order valence-corrected chi connectivity index (χ1v) is 12.7. The molecule has 2 aliphatic carbocycles. The molecule has 0 N–H and O–H groups in total. The second kappa shape index (κ2) is 8.97. The predicted octanol–water partition coefficient (Wildman–Crippen LogP) is 7.81. The Morgan fingerprint density at radius 1 is 1.13 bits per heavy atom. The molecule has 0 radical (unpaired) electrons. The van der Waals surface area contributed by atoms with Crippen LogP contribution < -0.4 is 4.80 Å². The Bertz CT molecular complexity index is 1020. The van der Waals surface area contributed by atoms with E-state index >= 15 is 0 Å². The number of nitrogens with zero attached hydrogens (tertiary/aromatic N) is 3. The summed E-state index contributed by atoms with van der Waals surface area (Å²) in [7, 11) is 0. The Labute approximate surface area is 197 Å². The molecule has 162 valence electrons. The van der Waals surface area contributed by atoms with Crippen LogP contribution in [0.15, 0.2) is 28.3 Å². The van der Waals surface area contributed by atoms with Crippen molar-refractivity contribution < 1.29 is 0 Å². The molecule has 0 aliphatic heterocycles. The molecular formula is C23H28Cl3N3S. The van der Waals surface area contributed by atoms with Crippen LogP contribution in [-0.2, 0) is 6.42 Å². The predicted molar refractivity (Wildman–Crippen MR) is 128 cm³/mol. The fourth-order valence-electron chi connectivity index (χ4n) is 4.45. The topological polar surface area (TPSA) is 30.2 Å². The van der Waals surface area contributed by atoms with Crippen LogP contribution in [0.1, 0.15) is 70.7 Å². The summed E-state index contributed by atoms with van der Waals surface area (Å²) in [5.41, 5.74) is 3.94. The van der Waals surface area contributed by atoms with Crippen LogP contribution in [0.4, 0.5) is 0 Å². The van der Waals surface area contributed by atoms with Crippen LogP contribution >= 0.6 is 46.1 Å². The van der Waals surface area contributed by atoms with Crippen molar-refractivity contribution in [2.24, 2.45) is 10.4 Å². The van der Waals surface area contributed by atoms with E-state index in [-0.39, 0.29) is 5.41 Å². The van der Waals surface area contributed by atoms with Crippen molar-refractivity contribution in [2.45, 2.75) is 78.2 Å². The smallest absolute Gasteiger partial charge is 0.208 e. The van der Waals surface area contributed by atoms with E-state index in [2.05, 4.69) is 20.8 Å². The minimum absolute atomic E-state index is 0.278. The summed E-state index contributed by atoms with van der Waals surface area (Å²) in [6.45, 7) is 6.92. The molecule has 2 aromatic rings. The number of allylic oxidation sites excluding steroid dienone is 2. The third kappa shape index (κ3) is 4.67. The Morgan fingerprint density at radius 3 is 2.40 bits per heavy atom. The highest BCUT2D eigenvalue weighted by atomic mass is 35.5. The first-order chi connectivity index (χ1) is 14.2. The number of aromatic nitrogens is 2. The van der Waals surface area contributed by atoms with Crippen molar-refractivity contribution in [3.63, 3.8) is 0 Å². The monoisotopic (exact) mass is 483 g/mol. The van der Waals surface area contributed by atoms with Gasteiger partial charge in [0.15, 0.2) is 0 Å². The molecule has 1 aromatic heterocycles. The average molecular weight is 485 g/mol. The molecular weight excluding hydrogens is 457 g/mol. The second-order valence-corrected chi connectivity index (χ2v) is 11.4. The highest BCUT2D eigenvalue weighted by molar-refractivity contribution is 7.08. The largest absolute Gasteiger partial charge is 0.254 e. The lowest BCUT2D eigenvalue weighted by Gasteiger charge is -2.19. The molecule has 0 bridgehead atoms. The fraction of sp³-hybridized carbons (Fsp3) is 0.565. The molecule has 2 aliphatic rings.